The van der Waals surface area contributed by atoms with Gasteiger partial charge in [-0.25, -0.2) is 0 Å². The van der Waals surface area contributed by atoms with Crippen LogP contribution in [0.25, 0.3) is 0 Å². The van der Waals surface area contributed by atoms with Crippen LogP contribution in [0.2, 0.25) is 0 Å². The molecule has 2 aromatic rings. The second kappa shape index (κ2) is 9.96. The van der Waals surface area contributed by atoms with Crippen LogP contribution in [0, 0.1) is 6.92 Å². The Morgan fingerprint density at radius 3 is 2.48 bits per heavy atom. The average Bonchev–Trinajstić information content (AvgIpc) is 2.72. The molecule has 2 N–H and O–H groups in total. The maximum Gasteiger partial charge on any atom is 0.417 e. The van der Waals surface area contributed by atoms with Crippen LogP contribution < -0.4 is 5.32 Å². The van der Waals surface area contributed by atoms with Crippen molar-refractivity contribution < 1.29 is 32.7 Å². The fourth-order valence-corrected chi connectivity index (χ4v) is 2.86. The molecular weight excluding hydrogens is 415 g/mol. The highest BCUT2D eigenvalue weighted by Crippen LogP contribution is 2.34. The van der Waals surface area contributed by atoms with Crippen molar-refractivity contribution in [2.45, 2.75) is 26.6 Å². The van der Waals surface area contributed by atoms with Crippen LogP contribution in [0.3, 0.4) is 0 Å². The number of aryl methyl sites for hydroxylation is 1. The summed E-state index contributed by atoms with van der Waals surface area (Å²) in [6, 6.07) is 8.05. The summed E-state index contributed by atoms with van der Waals surface area (Å²) in [5.74, 6) is -0.985. The third-order valence-electron chi connectivity index (χ3n) is 4.40. The molecule has 166 valence electrons. The number of likely N-dealkylation sites (N-methyl/N-ethyl adjacent to an activating group) is 1. The molecule has 0 atom stereocenters. The first-order valence-electron chi connectivity index (χ1n) is 9.09. The van der Waals surface area contributed by atoms with Gasteiger partial charge in [-0.1, -0.05) is 28.5 Å². The number of nitrogens with zero attached hydrogens (tertiary/aromatic N) is 2. The van der Waals surface area contributed by atoms with Crippen LogP contribution in [0.5, 0.6) is 5.75 Å². The van der Waals surface area contributed by atoms with E-state index in [4.69, 9.17) is 9.68 Å². The van der Waals surface area contributed by atoms with Crippen LogP contribution >= 0.6 is 0 Å². The Balaban J connectivity index is 2.36. The zero-order valence-corrected chi connectivity index (χ0v) is 17.4. The molecule has 0 unspecified atom stereocenters. The zero-order chi connectivity index (χ0) is 23.2. The first-order valence-corrected chi connectivity index (χ1v) is 9.09. The molecular formula is C21H22F3N3O4. The molecule has 0 saturated carbocycles. The Labute approximate surface area is 177 Å². The highest BCUT2D eigenvalue weighted by molar-refractivity contribution is 6.45. The van der Waals surface area contributed by atoms with Gasteiger partial charge in [-0.15, -0.1) is 0 Å². The Kier molecular flexibility index (Phi) is 7.62. The molecule has 1 amide bonds. The summed E-state index contributed by atoms with van der Waals surface area (Å²) < 4.78 is 39.8. The largest absolute Gasteiger partial charge is 0.508 e. The quantitative estimate of drug-likeness (QED) is 0.510. The van der Waals surface area contributed by atoms with Gasteiger partial charge in [0, 0.05) is 23.7 Å². The molecule has 2 rings (SSSR count). The van der Waals surface area contributed by atoms with Crippen LogP contribution in [0.15, 0.2) is 46.7 Å². The lowest BCUT2D eigenvalue weighted by Gasteiger charge is -2.14. The predicted molar refractivity (Wildman–Crippen MR) is 109 cm³/mol. The number of phenolic OH excluding ortho intramolecular Hbond substituents is 1. The minimum Gasteiger partial charge on any atom is -0.508 e. The van der Waals surface area contributed by atoms with Crippen LogP contribution in [0.1, 0.15) is 34.7 Å². The Hall–Kier alpha value is -3.56. The number of hydrogen-bond donors (Lipinski definition) is 2. The lowest BCUT2D eigenvalue weighted by atomic mass is 9.98. The number of phenols is 1. The van der Waals surface area contributed by atoms with Crippen LogP contribution in [-0.4, -0.2) is 36.6 Å². The molecule has 0 radical (unpaired) electrons. The number of aromatic hydroxyl groups is 1. The minimum atomic E-state index is -4.67. The topological polar surface area (TPSA) is 92.5 Å². The molecule has 0 aromatic heterocycles. The Morgan fingerprint density at radius 1 is 1.16 bits per heavy atom. The number of carbonyl (C=O) groups is 1. The predicted octanol–water partition coefficient (Wildman–Crippen LogP) is 3.76. The van der Waals surface area contributed by atoms with E-state index in [2.05, 4.69) is 15.6 Å². The van der Waals surface area contributed by atoms with Gasteiger partial charge in [0.2, 0.25) is 0 Å². The van der Waals surface area contributed by atoms with Crippen molar-refractivity contribution in [3.63, 3.8) is 0 Å². The molecule has 10 heteroatoms. The number of benzene rings is 2. The van der Waals surface area contributed by atoms with E-state index in [-0.39, 0.29) is 23.6 Å². The van der Waals surface area contributed by atoms with Gasteiger partial charge in [-0.2, -0.15) is 13.2 Å². The zero-order valence-electron chi connectivity index (χ0n) is 17.4. The Morgan fingerprint density at radius 2 is 1.87 bits per heavy atom. The van der Waals surface area contributed by atoms with E-state index in [0.29, 0.717) is 17.2 Å². The highest BCUT2D eigenvalue weighted by Gasteiger charge is 2.34. The number of alkyl halides is 3. The van der Waals surface area contributed by atoms with E-state index in [9.17, 15) is 23.1 Å². The van der Waals surface area contributed by atoms with Crippen LogP contribution in [0.4, 0.5) is 13.2 Å². The number of nitrogens with one attached hydrogen (secondary N) is 1. The number of oxime groups is 2. The second-order valence-corrected chi connectivity index (χ2v) is 6.48. The van der Waals surface area contributed by atoms with Gasteiger partial charge < -0.3 is 20.1 Å². The van der Waals surface area contributed by atoms with Gasteiger partial charge in [-0.05, 0) is 37.6 Å². The van der Waals surface area contributed by atoms with E-state index in [1.54, 1.807) is 25.1 Å². The minimum absolute atomic E-state index is 0.0193. The molecule has 0 heterocycles. The molecule has 2 aromatic carbocycles. The first kappa shape index (κ1) is 23.7. The average molecular weight is 437 g/mol. The molecule has 0 aliphatic heterocycles. The van der Waals surface area contributed by atoms with Crippen molar-refractivity contribution >= 4 is 17.3 Å². The molecule has 0 aliphatic rings. The van der Waals surface area contributed by atoms with E-state index < -0.39 is 23.4 Å². The summed E-state index contributed by atoms with van der Waals surface area (Å²) in [6.07, 6.45) is -4.67. The van der Waals surface area contributed by atoms with Crippen molar-refractivity contribution in [1.29, 1.82) is 0 Å². The number of amides is 1. The smallest absolute Gasteiger partial charge is 0.417 e. The first-order chi connectivity index (χ1) is 14.6. The van der Waals surface area contributed by atoms with Gasteiger partial charge in [-0.3, -0.25) is 4.79 Å². The number of halogens is 3. The fraction of sp³-hybridized carbons (Fsp3) is 0.286. The third kappa shape index (κ3) is 5.74. The maximum absolute atomic E-state index is 13.3. The van der Waals surface area contributed by atoms with E-state index in [1.165, 1.54) is 21.1 Å². The highest BCUT2D eigenvalue weighted by atomic mass is 19.4. The summed E-state index contributed by atoms with van der Waals surface area (Å²) >= 11 is 0. The van der Waals surface area contributed by atoms with Gasteiger partial charge in [0.05, 0.1) is 11.3 Å². The molecule has 0 fully saturated rings. The van der Waals surface area contributed by atoms with E-state index in [1.807, 2.05) is 0 Å². The lowest BCUT2D eigenvalue weighted by Crippen LogP contribution is -2.29. The summed E-state index contributed by atoms with van der Waals surface area (Å²) in [7, 11) is 2.75. The van der Waals surface area contributed by atoms with E-state index >= 15 is 0 Å². The SMILES string of the molecule is CNC(=O)/C(=N/OC)c1cccc(C)c1CO/N=C(\C)c1ccc(O)cc1C(F)(F)F. The van der Waals surface area contributed by atoms with Crippen LogP contribution in [-0.2, 0) is 27.3 Å². The molecule has 0 bridgehead atoms. The number of carbonyl (C=O) groups excluding carboxylic acids is 1. The van der Waals surface area contributed by atoms with Gasteiger partial charge in [0.15, 0.2) is 5.71 Å². The van der Waals surface area contributed by atoms with Crippen molar-refractivity contribution in [1.82, 2.24) is 5.32 Å². The summed E-state index contributed by atoms with van der Waals surface area (Å²) in [5.41, 5.74) is 0.518. The Bertz CT molecular complexity index is 1020. The van der Waals surface area contributed by atoms with Gasteiger partial charge >= 0.3 is 6.18 Å². The fourth-order valence-electron chi connectivity index (χ4n) is 2.86. The summed E-state index contributed by atoms with van der Waals surface area (Å²) in [4.78, 5) is 22.3. The van der Waals surface area contributed by atoms with E-state index in [0.717, 1.165) is 17.7 Å². The number of rotatable bonds is 7. The van der Waals surface area contributed by atoms with Crippen molar-refractivity contribution in [2.24, 2.45) is 10.3 Å². The molecule has 7 nitrogen and oxygen atoms in total. The molecule has 31 heavy (non-hydrogen) atoms. The number of hydrogen-bond acceptors (Lipinski definition) is 6. The summed E-state index contributed by atoms with van der Waals surface area (Å²) in [6.45, 7) is 3.02. The van der Waals surface area contributed by atoms with Gasteiger partial charge in [0.25, 0.3) is 5.91 Å². The third-order valence-corrected chi connectivity index (χ3v) is 4.40. The van der Waals surface area contributed by atoms with Gasteiger partial charge in [0.1, 0.15) is 19.5 Å². The van der Waals surface area contributed by atoms with Crippen molar-refractivity contribution in [2.75, 3.05) is 14.2 Å². The van der Waals surface area contributed by atoms with Crippen molar-refractivity contribution in [3.05, 3.63) is 64.2 Å². The monoisotopic (exact) mass is 437 g/mol. The molecule has 0 saturated heterocycles. The standard InChI is InChI=1S/C21H22F3N3O4/c1-12-6-5-7-16(19(27-30-4)20(29)25-3)17(12)11-31-26-13(2)15-9-8-14(28)10-18(15)21(22,23)24/h5-10,28H,11H2,1-4H3,(H,25,29)/b26-13+,27-19+. The summed E-state index contributed by atoms with van der Waals surface area (Å²) in [5, 5.41) is 19.5. The maximum atomic E-state index is 13.3. The lowest BCUT2D eigenvalue weighted by molar-refractivity contribution is -0.137. The normalized spacial score (nSPS) is 12.5. The molecule has 0 aliphatic carbocycles. The van der Waals surface area contributed by atoms with Crippen molar-refractivity contribution in [3.8, 4) is 5.75 Å². The second-order valence-electron chi connectivity index (χ2n) is 6.48. The molecule has 0 spiro atoms.